The van der Waals surface area contributed by atoms with Crippen molar-refractivity contribution in [2.75, 3.05) is 13.2 Å². The van der Waals surface area contributed by atoms with Crippen LogP contribution in [0.15, 0.2) is 53.1 Å². The van der Waals surface area contributed by atoms with Crippen molar-refractivity contribution in [2.45, 2.75) is 18.9 Å². The van der Waals surface area contributed by atoms with Crippen molar-refractivity contribution < 1.29 is 18.7 Å². The summed E-state index contributed by atoms with van der Waals surface area (Å²) in [7, 11) is 0. The summed E-state index contributed by atoms with van der Waals surface area (Å²) in [4.78, 5) is 17.2. The zero-order chi connectivity index (χ0) is 16.4. The van der Waals surface area contributed by atoms with E-state index in [9.17, 15) is 4.79 Å². The quantitative estimate of drug-likeness (QED) is 0.683. The van der Waals surface area contributed by atoms with Gasteiger partial charge in [0, 0.05) is 12.0 Å². The van der Waals surface area contributed by atoms with Gasteiger partial charge in [-0.2, -0.15) is 0 Å². The fraction of sp³-hybridized carbons (Fsp3) is 0.263. The number of hydrogen-bond acceptors (Lipinski definition) is 5. The Bertz CT molecular complexity index is 851. The SMILES string of the molecule is O=C(OC[C@@H]1CCCO1)c1cc(-c2ccco2)nc2ccccc12. The molecular weight excluding hydrogens is 306 g/mol. The van der Waals surface area contributed by atoms with Crippen LogP contribution in [0.3, 0.4) is 0 Å². The van der Waals surface area contributed by atoms with E-state index in [0.717, 1.165) is 30.4 Å². The second-order valence-electron chi connectivity index (χ2n) is 5.78. The van der Waals surface area contributed by atoms with Gasteiger partial charge in [-0.05, 0) is 37.1 Å². The van der Waals surface area contributed by atoms with E-state index in [2.05, 4.69) is 4.98 Å². The third kappa shape index (κ3) is 2.90. The summed E-state index contributed by atoms with van der Waals surface area (Å²) in [5.74, 6) is 0.255. The molecule has 1 saturated heterocycles. The maximum absolute atomic E-state index is 12.6. The highest BCUT2D eigenvalue weighted by Crippen LogP contribution is 2.26. The Labute approximate surface area is 139 Å². The molecule has 3 aromatic rings. The molecular formula is C19H17NO4. The topological polar surface area (TPSA) is 61.6 Å². The lowest BCUT2D eigenvalue weighted by atomic mass is 10.1. The number of para-hydroxylation sites is 1. The Morgan fingerprint density at radius 2 is 2.17 bits per heavy atom. The lowest BCUT2D eigenvalue weighted by Crippen LogP contribution is -2.18. The molecule has 0 bridgehead atoms. The smallest absolute Gasteiger partial charge is 0.338 e. The first kappa shape index (κ1) is 14.9. The largest absolute Gasteiger partial charge is 0.463 e. The van der Waals surface area contributed by atoms with Gasteiger partial charge in [-0.15, -0.1) is 0 Å². The zero-order valence-electron chi connectivity index (χ0n) is 13.1. The molecule has 1 fully saturated rings. The lowest BCUT2D eigenvalue weighted by molar-refractivity contribution is 0.0163. The Kier molecular flexibility index (Phi) is 4.01. The van der Waals surface area contributed by atoms with Gasteiger partial charge in [0.15, 0.2) is 5.76 Å². The summed E-state index contributed by atoms with van der Waals surface area (Å²) >= 11 is 0. The minimum atomic E-state index is -0.364. The van der Waals surface area contributed by atoms with Crippen LogP contribution >= 0.6 is 0 Å². The molecule has 5 nitrogen and oxygen atoms in total. The van der Waals surface area contributed by atoms with Gasteiger partial charge >= 0.3 is 5.97 Å². The van der Waals surface area contributed by atoms with Gasteiger partial charge in [-0.3, -0.25) is 0 Å². The molecule has 3 heterocycles. The molecule has 122 valence electrons. The minimum Gasteiger partial charge on any atom is -0.463 e. The van der Waals surface area contributed by atoms with Crippen LogP contribution in [0.5, 0.6) is 0 Å². The van der Waals surface area contributed by atoms with E-state index in [1.807, 2.05) is 30.3 Å². The molecule has 1 aliphatic rings. The molecule has 1 aliphatic heterocycles. The number of ether oxygens (including phenoxy) is 2. The van der Waals surface area contributed by atoms with E-state index in [4.69, 9.17) is 13.9 Å². The monoisotopic (exact) mass is 323 g/mol. The van der Waals surface area contributed by atoms with Crippen LogP contribution in [0.4, 0.5) is 0 Å². The number of furan rings is 1. The summed E-state index contributed by atoms with van der Waals surface area (Å²) < 4.78 is 16.4. The van der Waals surface area contributed by atoms with Crippen LogP contribution in [0.25, 0.3) is 22.4 Å². The Morgan fingerprint density at radius 3 is 2.96 bits per heavy atom. The predicted molar refractivity (Wildman–Crippen MR) is 88.7 cm³/mol. The van der Waals surface area contributed by atoms with Crippen LogP contribution in [-0.4, -0.2) is 30.3 Å². The average molecular weight is 323 g/mol. The fourth-order valence-electron chi connectivity index (χ4n) is 2.92. The molecule has 1 aromatic carbocycles. The first-order valence-electron chi connectivity index (χ1n) is 8.03. The highest BCUT2D eigenvalue weighted by atomic mass is 16.6. The van der Waals surface area contributed by atoms with Gasteiger partial charge in [0.1, 0.15) is 12.3 Å². The second kappa shape index (κ2) is 6.45. The van der Waals surface area contributed by atoms with E-state index in [-0.39, 0.29) is 18.7 Å². The number of aromatic nitrogens is 1. The molecule has 0 N–H and O–H groups in total. The predicted octanol–water partition coefficient (Wildman–Crippen LogP) is 3.83. The van der Waals surface area contributed by atoms with Gasteiger partial charge in [0.05, 0.1) is 23.4 Å². The number of hydrogen-bond donors (Lipinski definition) is 0. The van der Waals surface area contributed by atoms with Gasteiger partial charge in [-0.1, -0.05) is 18.2 Å². The normalized spacial score (nSPS) is 17.2. The molecule has 4 rings (SSSR count). The fourth-order valence-corrected chi connectivity index (χ4v) is 2.92. The van der Waals surface area contributed by atoms with Crippen molar-refractivity contribution in [1.29, 1.82) is 0 Å². The third-order valence-corrected chi connectivity index (χ3v) is 4.13. The molecule has 1 atom stereocenters. The van der Waals surface area contributed by atoms with Crippen molar-refractivity contribution in [1.82, 2.24) is 4.98 Å². The van der Waals surface area contributed by atoms with Crippen LogP contribution in [-0.2, 0) is 9.47 Å². The summed E-state index contributed by atoms with van der Waals surface area (Å²) in [6.07, 6.45) is 3.54. The molecule has 5 heteroatoms. The Hall–Kier alpha value is -2.66. The van der Waals surface area contributed by atoms with Crippen molar-refractivity contribution in [3.05, 3.63) is 54.3 Å². The minimum absolute atomic E-state index is 0.00611. The highest BCUT2D eigenvalue weighted by Gasteiger charge is 2.20. The van der Waals surface area contributed by atoms with Crippen molar-refractivity contribution in [3.8, 4) is 11.5 Å². The lowest BCUT2D eigenvalue weighted by Gasteiger charge is -2.12. The maximum Gasteiger partial charge on any atom is 0.338 e. The molecule has 0 aliphatic carbocycles. The van der Waals surface area contributed by atoms with E-state index >= 15 is 0 Å². The summed E-state index contributed by atoms with van der Waals surface area (Å²) in [5.41, 5.74) is 1.84. The molecule has 0 radical (unpaired) electrons. The average Bonchev–Trinajstić information content (AvgIpc) is 3.32. The van der Waals surface area contributed by atoms with Crippen LogP contribution in [0, 0.1) is 0 Å². The number of carbonyl (C=O) groups is 1. The second-order valence-corrected chi connectivity index (χ2v) is 5.78. The highest BCUT2D eigenvalue weighted by molar-refractivity contribution is 6.04. The molecule has 24 heavy (non-hydrogen) atoms. The number of esters is 1. The van der Waals surface area contributed by atoms with E-state index < -0.39 is 0 Å². The summed E-state index contributed by atoms with van der Waals surface area (Å²) in [5, 5.41) is 0.769. The summed E-state index contributed by atoms with van der Waals surface area (Å²) in [6.45, 7) is 1.02. The number of benzene rings is 1. The molecule has 0 unspecified atom stereocenters. The molecule has 0 spiro atoms. The van der Waals surface area contributed by atoms with Gasteiger partial charge in [-0.25, -0.2) is 9.78 Å². The van der Waals surface area contributed by atoms with Gasteiger partial charge in [0.25, 0.3) is 0 Å². The van der Waals surface area contributed by atoms with E-state index in [1.54, 1.807) is 18.4 Å². The van der Waals surface area contributed by atoms with Crippen LogP contribution < -0.4 is 0 Å². The standard InChI is InChI=1S/C19H17NO4/c21-19(24-12-13-5-3-9-22-13)15-11-17(18-8-4-10-23-18)20-16-7-2-1-6-14(15)16/h1-2,4,6-8,10-11,13H,3,5,9,12H2/t13-/m0/s1. The first-order chi connectivity index (χ1) is 11.8. The van der Waals surface area contributed by atoms with E-state index in [1.165, 1.54) is 0 Å². The Morgan fingerprint density at radius 1 is 1.25 bits per heavy atom. The van der Waals surface area contributed by atoms with Crippen molar-refractivity contribution >= 4 is 16.9 Å². The number of fused-ring (bicyclic) bond motifs is 1. The summed E-state index contributed by atoms with van der Waals surface area (Å²) in [6, 6.07) is 12.9. The number of rotatable bonds is 4. The third-order valence-electron chi connectivity index (χ3n) is 4.13. The van der Waals surface area contributed by atoms with E-state index in [0.29, 0.717) is 17.0 Å². The molecule has 2 aromatic heterocycles. The number of nitrogens with zero attached hydrogens (tertiary/aromatic N) is 1. The number of pyridine rings is 1. The van der Waals surface area contributed by atoms with Crippen molar-refractivity contribution in [2.24, 2.45) is 0 Å². The number of carbonyl (C=O) groups excluding carboxylic acids is 1. The molecule has 0 saturated carbocycles. The van der Waals surface area contributed by atoms with Crippen LogP contribution in [0.1, 0.15) is 23.2 Å². The van der Waals surface area contributed by atoms with Crippen LogP contribution in [0.2, 0.25) is 0 Å². The maximum atomic E-state index is 12.6. The van der Waals surface area contributed by atoms with Gasteiger partial charge < -0.3 is 13.9 Å². The first-order valence-corrected chi connectivity index (χ1v) is 8.03. The van der Waals surface area contributed by atoms with Gasteiger partial charge in [0.2, 0.25) is 0 Å². The van der Waals surface area contributed by atoms with Crippen molar-refractivity contribution in [3.63, 3.8) is 0 Å². The molecule has 0 amide bonds. The zero-order valence-corrected chi connectivity index (χ0v) is 13.1. The Balaban J connectivity index is 1.68.